The summed E-state index contributed by atoms with van der Waals surface area (Å²) < 4.78 is 0. The van der Waals surface area contributed by atoms with Crippen molar-refractivity contribution in [2.75, 3.05) is 32.7 Å². The summed E-state index contributed by atoms with van der Waals surface area (Å²) in [5.74, 6) is 1.30. The van der Waals surface area contributed by atoms with Crippen LogP contribution in [0.3, 0.4) is 0 Å². The molecule has 2 heterocycles. The highest BCUT2D eigenvalue weighted by molar-refractivity contribution is 5.85. The Morgan fingerprint density at radius 2 is 1.68 bits per heavy atom. The predicted molar refractivity (Wildman–Crippen MR) is 93.4 cm³/mol. The van der Waals surface area contributed by atoms with E-state index in [1.54, 1.807) is 0 Å². The van der Waals surface area contributed by atoms with Crippen molar-refractivity contribution in [3.05, 3.63) is 35.9 Å². The summed E-state index contributed by atoms with van der Waals surface area (Å²) in [5.41, 5.74) is 1.08. The van der Waals surface area contributed by atoms with Crippen molar-refractivity contribution in [1.82, 2.24) is 10.2 Å². The van der Waals surface area contributed by atoms with Crippen LogP contribution in [-0.4, -0.2) is 42.7 Å². The van der Waals surface area contributed by atoms with E-state index in [1.165, 1.54) is 32.5 Å². The first kappa shape index (κ1) is 17.7. The molecule has 0 bridgehead atoms. The fraction of sp³-hybridized carbons (Fsp3) is 0.667. The van der Waals surface area contributed by atoms with Crippen LogP contribution in [0.4, 0.5) is 0 Å². The van der Waals surface area contributed by atoms with Gasteiger partial charge in [0.1, 0.15) is 0 Å². The van der Waals surface area contributed by atoms with Crippen LogP contribution in [0.5, 0.6) is 0 Å². The van der Waals surface area contributed by atoms with E-state index in [1.807, 2.05) is 30.3 Å². The largest absolute Gasteiger partial charge is 0.388 e. The zero-order chi connectivity index (χ0) is 14.5. The number of hydrogen-bond acceptors (Lipinski definition) is 3. The molecule has 0 amide bonds. The van der Waals surface area contributed by atoms with Gasteiger partial charge in [-0.1, -0.05) is 30.3 Å². The molecule has 3 rings (SSSR count). The zero-order valence-electron chi connectivity index (χ0n) is 13.3. The smallest absolute Gasteiger partial charge is 0.0819 e. The second kappa shape index (κ2) is 8.88. The van der Waals surface area contributed by atoms with E-state index in [4.69, 9.17) is 0 Å². The molecule has 3 nitrogen and oxygen atoms in total. The summed E-state index contributed by atoms with van der Waals surface area (Å²) in [4.78, 5) is 2.62. The SMILES string of the molecule is Cl.OC(c1ccccc1)C1CCN(CC2CCNCC2)CC1. The van der Waals surface area contributed by atoms with Gasteiger partial charge in [0.25, 0.3) is 0 Å². The molecule has 0 spiro atoms. The molecule has 0 radical (unpaired) electrons. The van der Waals surface area contributed by atoms with Crippen LogP contribution in [0.2, 0.25) is 0 Å². The predicted octanol–water partition coefficient (Wildman–Crippen LogP) is 2.85. The summed E-state index contributed by atoms with van der Waals surface area (Å²) >= 11 is 0. The number of nitrogens with one attached hydrogen (secondary N) is 1. The van der Waals surface area contributed by atoms with Crippen molar-refractivity contribution in [1.29, 1.82) is 0 Å². The normalized spacial score (nSPS) is 23.0. The molecule has 124 valence electrons. The van der Waals surface area contributed by atoms with Gasteiger partial charge in [0.2, 0.25) is 0 Å². The van der Waals surface area contributed by atoms with Gasteiger partial charge in [-0.25, -0.2) is 0 Å². The third-order valence-electron chi connectivity index (χ3n) is 5.19. The van der Waals surface area contributed by atoms with E-state index in [-0.39, 0.29) is 18.5 Å². The number of aliphatic hydroxyl groups excluding tert-OH is 1. The third kappa shape index (κ3) is 4.69. The number of likely N-dealkylation sites (tertiary alicyclic amines) is 1. The molecule has 2 fully saturated rings. The van der Waals surface area contributed by atoms with Gasteiger partial charge in [0, 0.05) is 6.54 Å². The zero-order valence-corrected chi connectivity index (χ0v) is 14.1. The van der Waals surface area contributed by atoms with Crippen LogP contribution in [-0.2, 0) is 0 Å². The van der Waals surface area contributed by atoms with E-state index < -0.39 is 0 Å². The fourth-order valence-electron chi connectivity index (χ4n) is 3.80. The minimum Gasteiger partial charge on any atom is -0.388 e. The van der Waals surface area contributed by atoms with Crippen LogP contribution in [0.15, 0.2) is 30.3 Å². The molecule has 2 aliphatic rings. The van der Waals surface area contributed by atoms with E-state index >= 15 is 0 Å². The van der Waals surface area contributed by atoms with Gasteiger partial charge < -0.3 is 15.3 Å². The highest BCUT2D eigenvalue weighted by Gasteiger charge is 2.27. The highest BCUT2D eigenvalue weighted by Crippen LogP contribution is 2.31. The molecule has 2 aliphatic heterocycles. The van der Waals surface area contributed by atoms with Crippen molar-refractivity contribution in [2.24, 2.45) is 11.8 Å². The van der Waals surface area contributed by atoms with Gasteiger partial charge in [0.15, 0.2) is 0 Å². The minimum atomic E-state index is -0.285. The molecule has 22 heavy (non-hydrogen) atoms. The minimum absolute atomic E-state index is 0. The lowest BCUT2D eigenvalue weighted by atomic mass is 9.87. The van der Waals surface area contributed by atoms with Gasteiger partial charge in [-0.3, -0.25) is 0 Å². The van der Waals surface area contributed by atoms with E-state index in [2.05, 4.69) is 10.2 Å². The number of benzene rings is 1. The number of nitrogens with zero attached hydrogens (tertiary/aromatic N) is 1. The Kier molecular flexibility index (Phi) is 7.16. The van der Waals surface area contributed by atoms with Gasteiger partial charge in [-0.05, 0) is 69.3 Å². The molecule has 0 aliphatic carbocycles. The average molecular weight is 325 g/mol. The maximum absolute atomic E-state index is 10.5. The molecule has 2 saturated heterocycles. The Morgan fingerprint density at radius 1 is 1.05 bits per heavy atom. The molecule has 1 aromatic rings. The van der Waals surface area contributed by atoms with Crippen molar-refractivity contribution < 1.29 is 5.11 Å². The highest BCUT2D eigenvalue weighted by atomic mass is 35.5. The first-order valence-electron chi connectivity index (χ1n) is 8.49. The summed E-state index contributed by atoms with van der Waals surface area (Å²) in [6.45, 7) is 5.94. The Balaban J connectivity index is 0.00000176. The molecular weight excluding hydrogens is 296 g/mol. The van der Waals surface area contributed by atoms with E-state index in [9.17, 15) is 5.11 Å². The summed E-state index contributed by atoms with van der Waals surface area (Å²) in [6.07, 6.45) is 4.62. The Bertz CT molecular complexity index is 414. The quantitative estimate of drug-likeness (QED) is 0.894. The van der Waals surface area contributed by atoms with Crippen molar-refractivity contribution in [3.8, 4) is 0 Å². The van der Waals surface area contributed by atoms with Crippen LogP contribution >= 0.6 is 12.4 Å². The van der Waals surface area contributed by atoms with Crippen molar-refractivity contribution in [3.63, 3.8) is 0 Å². The third-order valence-corrected chi connectivity index (χ3v) is 5.19. The maximum Gasteiger partial charge on any atom is 0.0819 e. The topological polar surface area (TPSA) is 35.5 Å². The molecule has 1 atom stereocenters. The Hall–Kier alpha value is -0.610. The van der Waals surface area contributed by atoms with Crippen molar-refractivity contribution in [2.45, 2.75) is 31.8 Å². The second-order valence-corrected chi connectivity index (χ2v) is 6.69. The monoisotopic (exact) mass is 324 g/mol. The fourth-order valence-corrected chi connectivity index (χ4v) is 3.80. The lowest BCUT2D eigenvalue weighted by Crippen LogP contribution is -2.41. The first-order valence-corrected chi connectivity index (χ1v) is 8.49. The van der Waals surface area contributed by atoms with Gasteiger partial charge in [-0.15, -0.1) is 12.4 Å². The second-order valence-electron chi connectivity index (χ2n) is 6.69. The average Bonchev–Trinajstić information content (AvgIpc) is 2.57. The maximum atomic E-state index is 10.5. The van der Waals surface area contributed by atoms with Crippen LogP contribution in [0, 0.1) is 11.8 Å². The van der Waals surface area contributed by atoms with E-state index in [0.717, 1.165) is 37.4 Å². The molecule has 0 saturated carbocycles. The first-order chi connectivity index (χ1) is 10.3. The van der Waals surface area contributed by atoms with Crippen LogP contribution < -0.4 is 5.32 Å². The van der Waals surface area contributed by atoms with Gasteiger partial charge in [0.05, 0.1) is 6.10 Å². The van der Waals surface area contributed by atoms with Crippen LogP contribution in [0.1, 0.15) is 37.4 Å². The molecule has 1 unspecified atom stereocenters. The number of rotatable bonds is 4. The Morgan fingerprint density at radius 3 is 2.32 bits per heavy atom. The van der Waals surface area contributed by atoms with Gasteiger partial charge in [-0.2, -0.15) is 0 Å². The molecule has 2 N–H and O–H groups in total. The Labute approximate surface area is 140 Å². The lowest BCUT2D eigenvalue weighted by Gasteiger charge is -2.37. The molecule has 4 heteroatoms. The summed E-state index contributed by atoms with van der Waals surface area (Å²) in [5, 5.41) is 14.0. The number of piperidine rings is 2. The standard InChI is InChI=1S/C18H28N2O.ClH/c21-18(16-4-2-1-3-5-16)17-8-12-20(13-9-17)14-15-6-10-19-11-7-15;/h1-5,15,17-19,21H,6-14H2;1H. The summed E-state index contributed by atoms with van der Waals surface area (Å²) in [6, 6.07) is 10.1. The number of halogens is 1. The number of aliphatic hydroxyl groups is 1. The molecular formula is C18H29ClN2O. The molecule has 0 aromatic heterocycles. The summed E-state index contributed by atoms with van der Waals surface area (Å²) in [7, 11) is 0. The van der Waals surface area contributed by atoms with Crippen LogP contribution in [0.25, 0.3) is 0 Å². The number of hydrogen-bond donors (Lipinski definition) is 2. The van der Waals surface area contributed by atoms with E-state index in [0.29, 0.717) is 5.92 Å². The lowest BCUT2D eigenvalue weighted by molar-refractivity contribution is 0.0525. The van der Waals surface area contributed by atoms with Gasteiger partial charge >= 0.3 is 0 Å². The molecule has 1 aromatic carbocycles. The van der Waals surface area contributed by atoms with Crippen molar-refractivity contribution >= 4 is 12.4 Å².